The van der Waals surface area contributed by atoms with Gasteiger partial charge in [-0.15, -0.1) is 0 Å². The molecule has 10 nitrogen and oxygen atoms in total. The fraction of sp³-hybridized carbons (Fsp3) is 0.393. The van der Waals surface area contributed by atoms with Crippen molar-refractivity contribution in [2.45, 2.75) is 59.2 Å². The maximum atomic E-state index is 13.6. The van der Waals surface area contributed by atoms with Crippen LogP contribution in [0.2, 0.25) is 0 Å². The van der Waals surface area contributed by atoms with E-state index in [4.69, 9.17) is 4.74 Å². The van der Waals surface area contributed by atoms with Crippen LogP contribution < -0.4 is 15.5 Å². The van der Waals surface area contributed by atoms with Crippen LogP contribution in [0.4, 0.5) is 16.2 Å². The molecule has 10 heteroatoms. The second-order valence-corrected chi connectivity index (χ2v) is 10.0. The minimum atomic E-state index is -0.834. The van der Waals surface area contributed by atoms with E-state index in [9.17, 15) is 24.0 Å². The van der Waals surface area contributed by atoms with Crippen LogP contribution >= 0.6 is 0 Å². The quantitative estimate of drug-likeness (QED) is 0.359. The van der Waals surface area contributed by atoms with Gasteiger partial charge in [0.1, 0.15) is 11.6 Å². The molecule has 38 heavy (non-hydrogen) atoms. The van der Waals surface area contributed by atoms with Crippen molar-refractivity contribution in [2.75, 3.05) is 23.8 Å². The highest BCUT2D eigenvalue weighted by atomic mass is 16.6. The summed E-state index contributed by atoms with van der Waals surface area (Å²) in [4.78, 5) is 64.4. The number of likely N-dealkylation sites (N-methyl/N-ethyl adjacent to an activating group) is 1. The van der Waals surface area contributed by atoms with E-state index in [0.717, 1.165) is 0 Å². The molecule has 0 aliphatic carbocycles. The standard InChI is InChI=1S/C28H36N4O6/c1-18(30-25(35)19(2)31(7)27(37)38-28(4,5)6)16-32(24-11-9-8-10-23(24)29-17-33)26(36)22-14-12-21(13-15-22)20(3)34/h8-15,17-19H,16H2,1-7H3,(H,29,33)(H,30,35)/t18?,19-/m0/s1. The number of carbonyl (C=O) groups excluding carboxylic acids is 5. The summed E-state index contributed by atoms with van der Waals surface area (Å²) in [5.41, 5.74) is 0.932. The van der Waals surface area contributed by atoms with E-state index in [0.29, 0.717) is 28.9 Å². The molecule has 2 N–H and O–H groups in total. The van der Waals surface area contributed by atoms with E-state index in [-0.39, 0.29) is 18.2 Å². The Labute approximate surface area is 223 Å². The third-order valence-corrected chi connectivity index (χ3v) is 5.68. The van der Waals surface area contributed by atoms with Gasteiger partial charge in [0.25, 0.3) is 5.91 Å². The van der Waals surface area contributed by atoms with Crippen molar-refractivity contribution >= 4 is 41.5 Å². The molecule has 0 spiro atoms. The summed E-state index contributed by atoms with van der Waals surface area (Å²) in [5.74, 6) is -0.938. The third kappa shape index (κ3) is 8.16. The molecule has 204 valence electrons. The van der Waals surface area contributed by atoms with E-state index < -0.39 is 29.7 Å². The Hall–Kier alpha value is -4.21. The molecule has 0 heterocycles. The highest BCUT2D eigenvalue weighted by Crippen LogP contribution is 2.27. The lowest BCUT2D eigenvalue weighted by atomic mass is 10.1. The summed E-state index contributed by atoms with van der Waals surface area (Å²) in [6, 6.07) is 11.7. The maximum absolute atomic E-state index is 13.6. The zero-order valence-corrected chi connectivity index (χ0v) is 22.9. The molecule has 0 bridgehead atoms. The summed E-state index contributed by atoms with van der Waals surface area (Å²) in [6.45, 7) is 10.0. The van der Waals surface area contributed by atoms with Crippen molar-refractivity contribution in [3.63, 3.8) is 0 Å². The van der Waals surface area contributed by atoms with Gasteiger partial charge in [-0.25, -0.2) is 4.79 Å². The number of benzene rings is 2. The van der Waals surface area contributed by atoms with Gasteiger partial charge in [0, 0.05) is 30.8 Å². The van der Waals surface area contributed by atoms with Crippen molar-refractivity contribution < 1.29 is 28.7 Å². The fourth-order valence-corrected chi connectivity index (χ4v) is 3.54. The molecule has 0 aromatic heterocycles. The molecule has 2 atom stereocenters. The molecule has 2 aromatic carbocycles. The lowest BCUT2D eigenvalue weighted by molar-refractivity contribution is -0.126. The van der Waals surface area contributed by atoms with Gasteiger partial charge in [-0.05, 0) is 65.8 Å². The predicted molar refractivity (Wildman–Crippen MR) is 145 cm³/mol. The highest BCUT2D eigenvalue weighted by molar-refractivity contribution is 6.09. The van der Waals surface area contributed by atoms with Gasteiger partial charge in [0.05, 0.1) is 11.4 Å². The molecule has 2 rings (SSSR count). The Morgan fingerprint density at radius 1 is 0.974 bits per heavy atom. The topological polar surface area (TPSA) is 125 Å². The zero-order chi connectivity index (χ0) is 28.6. The first-order chi connectivity index (χ1) is 17.7. The van der Waals surface area contributed by atoms with Crippen molar-refractivity contribution in [1.82, 2.24) is 10.2 Å². The van der Waals surface area contributed by atoms with E-state index in [1.165, 1.54) is 23.8 Å². The van der Waals surface area contributed by atoms with Gasteiger partial charge < -0.3 is 20.3 Å². The maximum Gasteiger partial charge on any atom is 0.410 e. The summed E-state index contributed by atoms with van der Waals surface area (Å²) in [7, 11) is 1.48. The molecule has 0 radical (unpaired) electrons. The highest BCUT2D eigenvalue weighted by Gasteiger charge is 2.29. The third-order valence-electron chi connectivity index (χ3n) is 5.68. The van der Waals surface area contributed by atoms with Gasteiger partial charge in [-0.1, -0.05) is 24.3 Å². The number of Topliss-reactive ketones (excluding diaryl/α,β-unsaturated/α-hetero) is 1. The Bertz CT molecular complexity index is 1170. The molecule has 1 unspecified atom stereocenters. The number of hydrogen-bond acceptors (Lipinski definition) is 6. The lowest BCUT2D eigenvalue weighted by Gasteiger charge is -2.31. The molecule has 0 aliphatic rings. The van der Waals surface area contributed by atoms with Crippen LogP contribution in [0.3, 0.4) is 0 Å². The smallest absolute Gasteiger partial charge is 0.410 e. The first-order valence-electron chi connectivity index (χ1n) is 12.2. The number of nitrogens with one attached hydrogen (secondary N) is 2. The molecule has 0 aliphatic heterocycles. The molecular weight excluding hydrogens is 488 g/mol. The number of ether oxygens (including phenoxy) is 1. The molecule has 4 amide bonds. The number of hydrogen-bond donors (Lipinski definition) is 2. The summed E-state index contributed by atoms with van der Waals surface area (Å²) in [5, 5.41) is 5.44. The Kier molecular flexibility index (Phi) is 10.1. The van der Waals surface area contributed by atoms with Crippen LogP contribution in [-0.4, -0.2) is 66.3 Å². The van der Waals surface area contributed by atoms with Crippen LogP contribution in [0.25, 0.3) is 0 Å². The summed E-state index contributed by atoms with van der Waals surface area (Å²) in [6.07, 6.45) is -0.116. The van der Waals surface area contributed by atoms with E-state index in [1.807, 2.05) is 0 Å². The lowest BCUT2D eigenvalue weighted by Crippen LogP contribution is -2.52. The van der Waals surface area contributed by atoms with E-state index in [2.05, 4.69) is 10.6 Å². The zero-order valence-electron chi connectivity index (χ0n) is 22.9. The largest absolute Gasteiger partial charge is 0.444 e. The minimum Gasteiger partial charge on any atom is -0.444 e. The number of rotatable bonds is 10. The Morgan fingerprint density at radius 2 is 1.55 bits per heavy atom. The second kappa shape index (κ2) is 12.8. The van der Waals surface area contributed by atoms with Crippen molar-refractivity contribution in [3.05, 3.63) is 59.7 Å². The summed E-state index contributed by atoms with van der Waals surface area (Å²) < 4.78 is 5.34. The molecular formula is C28H36N4O6. The van der Waals surface area contributed by atoms with E-state index >= 15 is 0 Å². The SMILES string of the molecule is CC(=O)c1ccc(C(=O)N(CC(C)NC(=O)[C@H](C)N(C)C(=O)OC(C)(C)C)c2ccccc2NC=O)cc1. The van der Waals surface area contributed by atoms with Crippen LogP contribution in [0.15, 0.2) is 48.5 Å². The average molecular weight is 525 g/mol. The molecule has 2 aromatic rings. The number of para-hydroxylation sites is 2. The average Bonchev–Trinajstić information content (AvgIpc) is 2.85. The molecule has 0 saturated heterocycles. The first-order valence-corrected chi connectivity index (χ1v) is 12.2. The fourth-order valence-electron chi connectivity index (χ4n) is 3.54. The second-order valence-electron chi connectivity index (χ2n) is 10.0. The normalized spacial score (nSPS) is 12.5. The van der Waals surface area contributed by atoms with Gasteiger partial charge in [-0.2, -0.15) is 0 Å². The number of anilines is 2. The van der Waals surface area contributed by atoms with Crippen molar-refractivity contribution in [2.24, 2.45) is 0 Å². The number of carbonyl (C=O) groups is 5. The minimum absolute atomic E-state index is 0.0550. The Morgan fingerprint density at radius 3 is 2.11 bits per heavy atom. The van der Waals surface area contributed by atoms with Gasteiger partial charge in [0.15, 0.2) is 5.78 Å². The summed E-state index contributed by atoms with van der Waals surface area (Å²) >= 11 is 0. The Balaban J connectivity index is 2.28. The van der Waals surface area contributed by atoms with Crippen molar-refractivity contribution in [3.8, 4) is 0 Å². The van der Waals surface area contributed by atoms with Crippen LogP contribution in [0.5, 0.6) is 0 Å². The van der Waals surface area contributed by atoms with Gasteiger partial charge in [0.2, 0.25) is 12.3 Å². The van der Waals surface area contributed by atoms with Gasteiger partial charge in [-0.3, -0.25) is 24.1 Å². The van der Waals surface area contributed by atoms with Crippen LogP contribution in [0, 0.1) is 0 Å². The van der Waals surface area contributed by atoms with Gasteiger partial charge >= 0.3 is 6.09 Å². The number of nitrogens with zero attached hydrogens (tertiary/aromatic N) is 2. The monoisotopic (exact) mass is 524 g/mol. The number of ketones is 1. The predicted octanol–water partition coefficient (Wildman–Crippen LogP) is 3.86. The van der Waals surface area contributed by atoms with E-state index in [1.54, 1.807) is 83.1 Å². The first kappa shape index (κ1) is 30.0. The van der Waals surface area contributed by atoms with Crippen LogP contribution in [-0.2, 0) is 14.3 Å². The number of amides is 4. The molecule has 0 fully saturated rings. The van der Waals surface area contributed by atoms with Crippen LogP contribution in [0.1, 0.15) is 62.3 Å². The van der Waals surface area contributed by atoms with Crippen molar-refractivity contribution in [1.29, 1.82) is 0 Å². The molecule has 0 saturated carbocycles.